The van der Waals surface area contributed by atoms with Gasteiger partial charge in [0.2, 0.25) is 0 Å². The molecule has 1 aliphatic rings. The average Bonchev–Trinajstić information content (AvgIpc) is 3.08. The van der Waals surface area contributed by atoms with Gasteiger partial charge >= 0.3 is 0 Å². The SMILES string of the molecule is CCCNc1nc2ccc(C)cn2c(=O)c1/C=C1\SC(=S)N(Cc2ccc(OC)cc2)C1=O. The van der Waals surface area contributed by atoms with Crippen molar-refractivity contribution in [2.24, 2.45) is 0 Å². The Balaban J connectivity index is 1.70. The number of carbonyl (C=O) groups is 1. The van der Waals surface area contributed by atoms with Crippen LogP contribution in [0.2, 0.25) is 0 Å². The highest BCUT2D eigenvalue weighted by Crippen LogP contribution is 2.34. The summed E-state index contributed by atoms with van der Waals surface area (Å²) in [6, 6.07) is 11.2. The Morgan fingerprint density at radius 3 is 2.64 bits per heavy atom. The van der Waals surface area contributed by atoms with Crippen molar-refractivity contribution in [3.63, 3.8) is 0 Å². The third kappa shape index (κ3) is 4.79. The molecule has 1 aliphatic heterocycles. The molecule has 170 valence electrons. The maximum Gasteiger partial charge on any atom is 0.267 e. The second-order valence-corrected chi connectivity index (χ2v) is 9.33. The molecule has 1 N–H and O–H groups in total. The van der Waals surface area contributed by atoms with Crippen LogP contribution in [-0.2, 0) is 11.3 Å². The van der Waals surface area contributed by atoms with Gasteiger partial charge in [0.15, 0.2) is 0 Å². The number of fused-ring (bicyclic) bond motifs is 1. The van der Waals surface area contributed by atoms with Gasteiger partial charge in [0.25, 0.3) is 11.5 Å². The van der Waals surface area contributed by atoms with Crippen LogP contribution >= 0.6 is 24.0 Å². The molecule has 2 aromatic heterocycles. The Morgan fingerprint density at radius 2 is 1.94 bits per heavy atom. The standard InChI is InChI=1S/C24H24N4O3S2/c1-4-11-25-21-18(22(29)27-13-15(2)5-10-20(27)26-21)12-19-23(30)28(24(32)33-19)14-16-6-8-17(31-3)9-7-16/h5-10,12-13,25H,4,11,14H2,1-3H3/b19-12-. The van der Waals surface area contributed by atoms with E-state index < -0.39 is 0 Å². The molecule has 1 fully saturated rings. The van der Waals surface area contributed by atoms with Crippen LogP contribution in [0, 0.1) is 6.92 Å². The lowest BCUT2D eigenvalue weighted by Crippen LogP contribution is -2.27. The quantitative estimate of drug-likeness (QED) is 0.401. The van der Waals surface area contributed by atoms with E-state index in [0.717, 1.165) is 23.3 Å². The van der Waals surface area contributed by atoms with Crippen molar-refractivity contribution >= 4 is 51.7 Å². The number of hydrogen-bond acceptors (Lipinski definition) is 7. The Morgan fingerprint density at radius 1 is 1.18 bits per heavy atom. The van der Waals surface area contributed by atoms with E-state index in [9.17, 15) is 9.59 Å². The maximum absolute atomic E-state index is 13.3. The van der Waals surface area contributed by atoms with Crippen molar-refractivity contribution in [3.8, 4) is 5.75 Å². The molecule has 7 nitrogen and oxygen atoms in total. The van der Waals surface area contributed by atoms with Gasteiger partial charge in [0.1, 0.15) is 21.5 Å². The maximum atomic E-state index is 13.3. The van der Waals surface area contributed by atoms with Gasteiger partial charge < -0.3 is 10.1 Å². The van der Waals surface area contributed by atoms with Crippen LogP contribution in [-0.4, -0.2) is 38.2 Å². The molecule has 0 saturated carbocycles. The summed E-state index contributed by atoms with van der Waals surface area (Å²) in [6.07, 6.45) is 4.23. The number of pyridine rings is 1. The van der Waals surface area contributed by atoms with E-state index in [-0.39, 0.29) is 11.5 Å². The smallest absolute Gasteiger partial charge is 0.267 e. The van der Waals surface area contributed by atoms with Gasteiger partial charge in [0.05, 0.1) is 24.1 Å². The lowest BCUT2D eigenvalue weighted by Gasteiger charge is -2.14. The summed E-state index contributed by atoms with van der Waals surface area (Å²) in [6.45, 7) is 4.96. The molecule has 0 spiro atoms. The molecule has 1 saturated heterocycles. The van der Waals surface area contributed by atoms with Crippen molar-refractivity contribution < 1.29 is 9.53 Å². The van der Waals surface area contributed by atoms with E-state index in [4.69, 9.17) is 17.0 Å². The number of nitrogens with zero attached hydrogens (tertiary/aromatic N) is 3. The molecule has 9 heteroatoms. The Hall–Kier alpha value is -3.17. The highest BCUT2D eigenvalue weighted by atomic mass is 32.2. The lowest BCUT2D eigenvalue weighted by atomic mass is 10.2. The molecule has 33 heavy (non-hydrogen) atoms. The topological polar surface area (TPSA) is 75.9 Å². The van der Waals surface area contributed by atoms with Crippen LogP contribution in [0.5, 0.6) is 5.75 Å². The minimum absolute atomic E-state index is 0.226. The third-order valence-electron chi connectivity index (χ3n) is 5.20. The Bertz CT molecular complexity index is 1320. The number of thiocarbonyl (C=S) groups is 1. The van der Waals surface area contributed by atoms with Gasteiger partial charge in [-0.25, -0.2) is 4.98 Å². The molecule has 3 aromatic rings. The highest BCUT2D eigenvalue weighted by molar-refractivity contribution is 8.26. The molecule has 3 heterocycles. The fraction of sp³-hybridized carbons (Fsp3) is 0.250. The number of benzene rings is 1. The molecule has 1 aromatic carbocycles. The highest BCUT2D eigenvalue weighted by Gasteiger charge is 2.32. The molecule has 0 bridgehead atoms. The number of hydrogen-bond donors (Lipinski definition) is 1. The summed E-state index contributed by atoms with van der Waals surface area (Å²) >= 11 is 6.67. The van der Waals surface area contributed by atoms with Crippen molar-refractivity contribution in [3.05, 3.63) is 74.5 Å². The Labute approximate surface area is 201 Å². The van der Waals surface area contributed by atoms with Crippen molar-refractivity contribution in [1.29, 1.82) is 0 Å². The van der Waals surface area contributed by atoms with E-state index in [1.165, 1.54) is 16.2 Å². The number of ether oxygens (including phenoxy) is 1. The van der Waals surface area contributed by atoms with Gasteiger partial charge in [0, 0.05) is 12.7 Å². The summed E-state index contributed by atoms with van der Waals surface area (Å²) in [7, 11) is 1.61. The van der Waals surface area contributed by atoms with E-state index in [1.54, 1.807) is 24.3 Å². The van der Waals surface area contributed by atoms with Crippen LogP contribution in [0.3, 0.4) is 0 Å². The number of amides is 1. The Kier molecular flexibility index (Phi) is 6.80. The summed E-state index contributed by atoms with van der Waals surface area (Å²) < 4.78 is 7.15. The van der Waals surface area contributed by atoms with E-state index in [2.05, 4.69) is 10.3 Å². The van der Waals surface area contributed by atoms with Gasteiger partial charge in [-0.3, -0.25) is 18.9 Å². The minimum atomic E-state index is -0.234. The predicted molar refractivity (Wildman–Crippen MR) is 137 cm³/mol. The lowest BCUT2D eigenvalue weighted by molar-refractivity contribution is -0.122. The normalized spacial score (nSPS) is 15.0. The fourth-order valence-electron chi connectivity index (χ4n) is 3.45. The predicted octanol–water partition coefficient (Wildman–Crippen LogP) is 4.23. The molecular formula is C24H24N4O3S2. The first kappa shape index (κ1) is 23.0. The fourth-order valence-corrected chi connectivity index (χ4v) is 4.68. The molecular weight excluding hydrogens is 456 g/mol. The summed E-state index contributed by atoms with van der Waals surface area (Å²) in [5.74, 6) is 0.984. The molecule has 4 rings (SSSR count). The molecule has 0 atom stereocenters. The van der Waals surface area contributed by atoms with Crippen LogP contribution in [0.25, 0.3) is 11.7 Å². The van der Waals surface area contributed by atoms with Gasteiger partial charge in [-0.1, -0.05) is 49.1 Å². The number of thioether (sulfide) groups is 1. The van der Waals surface area contributed by atoms with Gasteiger partial charge in [-0.05, 0) is 48.7 Å². The second kappa shape index (κ2) is 9.76. The summed E-state index contributed by atoms with van der Waals surface area (Å²) in [5.41, 5.74) is 2.53. The summed E-state index contributed by atoms with van der Waals surface area (Å²) in [5, 5.41) is 3.22. The zero-order chi connectivity index (χ0) is 23.5. The molecule has 0 radical (unpaired) electrons. The number of anilines is 1. The largest absolute Gasteiger partial charge is 0.497 e. The van der Waals surface area contributed by atoms with Crippen LogP contribution < -0.4 is 15.6 Å². The van der Waals surface area contributed by atoms with Crippen LogP contribution in [0.1, 0.15) is 30.0 Å². The van der Waals surface area contributed by atoms with Crippen LogP contribution in [0.4, 0.5) is 5.82 Å². The molecule has 1 amide bonds. The number of rotatable bonds is 7. The minimum Gasteiger partial charge on any atom is -0.497 e. The average molecular weight is 481 g/mol. The first-order valence-electron chi connectivity index (χ1n) is 10.6. The number of nitrogens with one attached hydrogen (secondary N) is 1. The van der Waals surface area contributed by atoms with Crippen LogP contribution in [0.15, 0.2) is 52.3 Å². The first-order chi connectivity index (χ1) is 15.9. The van der Waals surface area contributed by atoms with E-state index in [0.29, 0.717) is 39.3 Å². The molecule has 0 unspecified atom stereocenters. The third-order valence-corrected chi connectivity index (χ3v) is 6.57. The zero-order valence-corrected chi connectivity index (χ0v) is 20.3. The molecule has 0 aliphatic carbocycles. The van der Waals surface area contributed by atoms with Crippen molar-refractivity contribution in [2.45, 2.75) is 26.8 Å². The van der Waals surface area contributed by atoms with Gasteiger partial charge in [-0.15, -0.1) is 0 Å². The summed E-state index contributed by atoms with van der Waals surface area (Å²) in [4.78, 5) is 33.1. The zero-order valence-electron chi connectivity index (χ0n) is 18.6. The van der Waals surface area contributed by atoms with E-state index >= 15 is 0 Å². The van der Waals surface area contributed by atoms with Gasteiger partial charge in [-0.2, -0.15) is 0 Å². The number of methoxy groups -OCH3 is 1. The monoisotopic (exact) mass is 480 g/mol. The second-order valence-electron chi connectivity index (χ2n) is 7.66. The van der Waals surface area contributed by atoms with E-state index in [1.807, 2.05) is 50.2 Å². The number of aromatic nitrogens is 2. The van der Waals surface area contributed by atoms with Crippen molar-refractivity contribution in [1.82, 2.24) is 14.3 Å². The first-order valence-corrected chi connectivity index (χ1v) is 11.8. The number of aryl methyl sites for hydroxylation is 1. The number of carbonyl (C=O) groups excluding carboxylic acids is 1. The van der Waals surface area contributed by atoms with Crippen molar-refractivity contribution in [2.75, 3.05) is 19.0 Å².